The summed E-state index contributed by atoms with van der Waals surface area (Å²) < 4.78 is 0. The smallest absolute Gasteiger partial charge is 0.258 e. The number of hydrogen-bond acceptors (Lipinski definition) is 3. The van der Waals surface area contributed by atoms with Crippen molar-refractivity contribution >= 4 is 17.4 Å². The Hall–Kier alpha value is -1.03. The van der Waals surface area contributed by atoms with E-state index in [9.17, 15) is 10.1 Å². The fourth-order valence-corrected chi connectivity index (χ4v) is 2.97. The van der Waals surface area contributed by atoms with Crippen LogP contribution in [0.5, 0.6) is 0 Å². The molecule has 111 valence electrons. The summed E-state index contributed by atoms with van der Waals surface area (Å²) in [6, 6.07) is 7.77. The Morgan fingerprint density at radius 1 is 1.15 bits per heavy atom. The molecule has 4 heteroatoms. The summed E-state index contributed by atoms with van der Waals surface area (Å²) in [5.41, 5.74) is 0.155. The van der Waals surface area contributed by atoms with Gasteiger partial charge < -0.3 is 0 Å². The molecule has 0 spiro atoms. The molecule has 0 aliphatic carbocycles. The van der Waals surface area contributed by atoms with Gasteiger partial charge >= 0.3 is 0 Å². The molecule has 0 aliphatic rings. The van der Waals surface area contributed by atoms with E-state index in [0.29, 0.717) is 0 Å². The molecule has 0 aromatic heterocycles. The third kappa shape index (κ3) is 7.53. The number of thioether (sulfide) groups is 1. The maximum Gasteiger partial charge on any atom is 0.270 e. The van der Waals surface area contributed by atoms with Crippen LogP contribution in [0.25, 0.3) is 0 Å². The zero-order valence-electron chi connectivity index (χ0n) is 12.3. The molecule has 0 unspecified atom stereocenters. The molecule has 0 heterocycles. The van der Waals surface area contributed by atoms with Crippen LogP contribution in [-0.2, 0) is 0 Å². The first-order valence-electron chi connectivity index (χ1n) is 7.53. The lowest BCUT2D eigenvalue weighted by atomic mass is 10.1. The molecule has 0 saturated heterocycles. The molecule has 3 nitrogen and oxygen atoms in total. The first-order valence-corrected chi connectivity index (χ1v) is 8.51. The number of benzene rings is 1. The fraction of sp³-hybridized carbons (Fsp3) is 0.625. The largest absolute Gasteiger partial charge is 0.270 e. The molecule has 0 fully saturated rings. The van der Waals surface area contributed by atoms with E-state index in [1.807, 2.05) is 0 Å². The third-order valence-electron chi connectivity index (χ3n) is 3.22. The number of rotatable bonds is 11. The predicted molar refractivity (Wildman–Crippen MR) is 85.3 cm³/mol. The van der Waals surface area contributed by atoms with Gasteiger partial charge in [0, 0.05) is 17.0 Å². The van der Waals surface area contributed by atoms with Crippen molar-refractivity contribution in [2.75, 3.05) is 5.75 Å². The summed E-state index contributed by atoms with van der Waals surface area (Å²) >= 11 is 1.66. The van der Waals surface area contributed by atoms with Gasteiger partial charge in [-0.15, -0.1) is 11.8 Å². The minimum absolute atomic E-state index is 0.155. The van der Waals surface area contributed by atoms with Gasteiger partial charge in [-0.25, -0.2) is 0 Å². The number of nitro groups is 1. The van der Waals surface area contributed by atoms with E-state index in [4.69, 9.17) is 0 Å². The van der Waals surface area contributed by atoms with E-state index in [1.165, 1.54) is 57.4 Å². The Labute approximate surface area is 126 Å². The average molecular weight is 294 g/mol. The van der Waals surface area contributed by atoms with E-state index < -0.39 is 0 Å². The lowest BCUT2D eigenvalue weighted by molar-refractivity contribution is -0.385. The summed E-state index contributed by atoms with van der Waals surface area (Å²) in [6.07, 6.45) is 10.5. The van der Waals surface area contributed by atoms with Crippen LogP contribution in [-0.4, -0.2) is 10.7 Å². The molecule has 0 N–H and O–H groups in total. The maximum atomic E-state index is 10.7. The van der Waals surface area contributed by atoms with Gasteiger partial charge in [-0.2, -0.15) is 0 Å². The molecule has 1 aromatic rings. The predicted octanol–water partition coefficient (Wildman–Crippen LogP) is 5.63. The highest BCUT2D eigenvalue weighted by Crippen LogP contribution is 2.23. The summed E-state index contributed by atoms with van der Waals surface area (Å²) in [7, 11) is 0. The van der Waals surface area contributed by atoms with Gasteiger partial charge in [0.2, 0.25) is 0 Å². The van der Waals surface area contributed by atoms with E-state index >= 15 is 0 Å². The highest BCUT2D eigenvalue weighted by Gasteiger charge is 2.05. The lowest BCUT2D eigenvalue weighted by Crippen LogP contribution is -1.88. The van der Waals surface area contributed by atoms with Crippen molar-refractivity contribution < 1.29 is 4.92 Å². The van der Waals surface area contributed by atoms with Crippen LogP contribution < -0.4 is 0 Å². The van der Waals surface area contributed by atoms with E-state index in [1.54, 1.807) is 23.9 Å². The quantitative estimate of drug-likeness (QED) is 0.230. The summed E-state index contributed by atoms with van der Waals surface area (Å²) in [6.45, 7) is 2.24. The van der Waals surface area contributed by atoms with Crippen molar-refractivity contribution in [3.05, 3.63) is 34.4 Å². The van der Waals surface area contributed by atoms with Gasteiger partial charge in [-0.1, -0.05) is 51.9 Å². The average Bonchev–Trinajstić information content (AvgIpc) is 2.46. The molecule has 0 bridgehead atoms. The van der Waals surface area contributed by atoms with Crippen LogP contribution in [0, 0.1) is 16.2 Å². The first-order chi connectivity index (χ1) is 9.74. The Bertz CT molecular complexity index is 396. The van der Waals surface area contributed by atoms with Crippen molar-refractivity contribution in [1.29, 1.82) is 0 Å². The normalized spacial score (nSPS) is 10.7. The molecule has 1 aromatic carbocycles. The second kappa shape index (κ2) is 10.7. The Kier molecular flexibility index (Phi) is 9.13. The van der Waals surface area contributed by atoms with Gasteiger partial charge in [0.25, 0.3) is 5.69 Å². The van der Waals surface area contributed by atoms with Gasteiger partial charge in [-0.05, 0) is 24.3 Å². The topological polar surface area (TPSA) is 43.1 Å². The second-order valence-corrected chi connectivity index (χ2v) is 6.13. The Morgan fingerprint density at radius 2 is 1.80 bits per heavy atom. The van der Waals surface area contributed by atoms with Gasteiger partial charge in [0.1, 0.15) is 0 Å². The van der Waals surface area contributed by atoms with Crippen LogP contribution in [0.1, 0.15) is 58.3 Å². The SMILES string of the molecule is CCCCCCCCCCSc1[c]ccc([N+](=O)[O-])c1. The van der Waals surface area contributed by atoms with E-state index in [-0.39, 0.29) is 10.6 Å². The van der Waals surface area contributed by atoms with Gasteiger partial charge in [0.15, 0.2) is 0 Å². The molecule has 20 heavy (non-hydrogen) atoms. The van der Waals surface area contributed by atoms with Crippen LogP contribution in [0.3, 0.4) is 0 Å². The zero-order chi connectivity index (χ0) is 14.6. The molecular weight excluding hydrogens is 270 g/mol. The standard InChI is InChI=1S/C16H24NO2S/c1-2-3-4-5-6-7-8-9-13-20-16-12-10-11-15(14-16)17(18)19/h10-11,14H,2-9,13H2,1H3. The highest BCUT2D eigenvalue weighted by molar-refractivity contribution is 7.99. The second-order valence-electron chi connectivity index (χ2n) is 4.99. The number of nitrogens with zero attached hydrogens (tertiary/aromatic N) is 1. The molecule has 1 radical (unpaired) electrons. The van der Waals surface area contributed by atoms with Crippen molar-refractivity contribution in [3.63, 3.8) is 0 Å². The maximum absolute atomic E-state index is 10.7. The molecule has 0 aliphatic heterocycles. The minimum atomic E-state index is -0.353. The van der Waals surface area contributed by atoms with Crippen LogP contribution in [0.4, 0.5) is 5.69 Å². The summed E-state index contributed by atoms with van der Waals surface area (Å²) in [4.78, 5) is 11.2. The van der Waals surface area contributed by atoms with E-state index in [0.717, 1.165) is 10.6 Å². The van der Waals surface area contributed by atoms with Crippen molar-refractivity contribution in [1.82, 2.24) is 0 Å². The Balaban J connectivity index is 2.06. The summed E-state index contributed by atoms with van der Waals surface area (Å²) in [5, 5.41) is 10.7. The number of hydrogen-bond donors (Lipinski definition) is 0. The van der Waals surface area contributed by atoms with Crippen LogP contribution in [0.2, 0.25) is 0 Å². The van der Waals surface area contributed by atoms with Crippen LogP contribution in [0.15, 0.2) is 23.1 Å². The molecule has 0 amide bonds. The summed E-state index contributed by atoms with van der Waals surface area (Å²) in [5.74, 6) is 1.02. The fourth-order valence-electron chi connectivity index (χ4n) is 2.05. The number of unbranched alkanes of at least 4 members (excludes halogenated alkanes) is 7. The van der Waals surface area contributed by atoms with Gasteiger partial charge in [-0.3, -0.25) is 10.1 Å². The number of non-ortho nitro benzene ring substituents is 1. The monoisotopic (exact) mass is 294 g/mol. The minimum Gasteiger partial charge on any atom is -0.258 e. The highest BCUT2D eigenvalue weighted by atomic mass is 32.2. The van der Waals surface area contributed by atoms with Crippen molar-refractivity contribution in [2.45, 2.75) is 63.2 Å². The van der Waals surface area contributed by atoms with E-state index in [2.05, 4.69) is 13.0 Å². The van der Waals surface area contributed by atoms with Gasteiger partial charge in [0.05, 0.1) is 4.92 Å². The van der Waals surface area contributed by atoms with Crippen LogP contribution >= 0.6 is 11.8 Å². The molecular formula is C16H24NO2S. The van der Waals surface area contributed by atoms with Crippen molar-refractivity contribution in [3.8, 4) is 0 Å². The zero-order valence-corrected chi connectivity index (χ0v) is 13.1. The lowest BCUT2D eigenvalue weighted by Gasteiger charge is -2.02. The third-order valence-corrected chi connectivity index (χ3v) is 4.26. The Morgan fingerprint density at radius 3 is 2.45 bits per heavy atom. The van der Waals surface area contributed by atoms with Crippen molar-refractivity contribution in [2.24, 2.45) is 0 Å². The first kappa shape index (κ1) is 17.0. The molecule has 0 saturated carbocycles. The molecule has 1 rings (SSSR count). The molecule has 0 atom stereocenters. The number of nitro benzene ring substituents is 1.